The zero-order valence-electron chi connectivity index (χ0n) is 13.3. The third-order valence-electron chi connectivity index (χ3n) is 4.57. The standard InChI is InChI=1S/C17H20F2N2O3/c18-17(19)24-14-7-2-1-6-13(14)16(23)20-9-3-5-12(11-20)21-10-4-8-15(21)22/h1-2,6-7,12,17H,3-5,8-11H2/t12-/m0/s1. The van der Waals surface area contributed by atoms with Crippen LogP contribution in [-0.2, 0) is 4.79 Å². The fourth-order valence-electron chi connectivity index (χ4n) is 3.46. The van der Waals surface area contributed by atoms with E-state index >= 15 is 0 Å². The molecule has 3 rings (SSSR count). The van der Waals surface area contributed by atoms with Crippen molar-refractivity contribution in [3.8, 4) is 5.75 Å². The Kier molecular flexibility index (Phi) is 4.97. The third-order valence-corrected chi connectivity index (χ3v) is 4.57. The van der Waals surface area contributed by atoms with Crippen LogP contribution >= 0.6 is 0 Å². The Morgan fingerprint density at radius 1 is 1.21 bits per heavy atom. The van der Waals surface area contributed by atoms with E-state index in [4.69, 9.17) is 0 Å². The normalized spacial score (nSPS) is 21.5. The average Bonchev–Trinajstić information content (AvgIpc) is 3.00. The van der Waals surface area contributed by atoms with E-state index < -0.39 is 6.61 Å². The van der Waals surface area contributed by atoms with E-state index in [9.17, 15) is 18.4 Å². The van der Waals surface area contributed by atoms with Gasteiger partial charge in [0, 0.05) is 32.1 Å². The Hall–Kier alpha value is -2.18. The van der Waals surface area contributed by atoms with Gasteiger partial charge < -0.3 is 14.5 Å². The summed E-state index contributed by atoms with van der Waals surface area (Å²) >= 11 is 0. The molecule has 1 aromatic rings. The average molecular weight is 338 g/mol. The molecule has 130 valence electrons. The van der Waals surface area contributed by atoms with Crippen LogP contribution in [0.2, 0.25) is 0 Å². The lowest BCUT2D eigenvalue weighted by molar-refractivity contribution is -0.130. The molecule has 0 radical (unpaired) electrons. The fraction of sp³-hybridized carbons (Fsp3) is 0.529. The number of alkyl halides is 2. The van der Waals surface area contributed by atoms with Gasteiger partial charge in [-0.05, 0) is 31.4 Å². The Morgan fingerprint density at radius 2 is 2.00 bits per heavy atom. The summed E-state index contributed by atoms with van der Waals surface area (Å²) in [4.78, 5) is 28.1. The van der Waals surface area contributed by atoms with E-state index in [0.717, 1.165) is 25.8 Å². The Morgan fingerprint density at radius 3 is 2.71 bits per heavy atom. The highest BCUT2D eigenvalue weighted by molar-refractivity contribution is 5.97. The number of para-hydroxylation sites is 1. The van der Waals surface area contributed by atoms with Crippen molar-refractivity contribution >= 4 is 11.8 Å². The minimum Gasteiger partial charge on any atom is -0.434 e. The molecule has 24 heavy (non-hydrogen) atoms. The summed E-state index contributed by atoms with van der Waals surface area (Å²) in [5.41, 5.74) is 0.131. The predicted molar refractivity (Wildman–Crippen MR) is 82.9 cm³/mol. The summed E-state index contributed by atoms with van der Waals surface area (Å²) in [6.45, 7) is -1.25. The molecule has 0 aromatic heterocycles. The SMILES string of the molecule is O=C(c1ccccc1OC(F)F)N1CCC[C@H](N2CCCC2=O)C1. The second-order valence-corrected chi connectivity index (χ2v) is 6.11. The van der Waals surface area contributed by atoms with Crippen LogP contribution in [0.1, 0.15) is 36.0 Å². The van der Waals surface area contributed by atoms with Gasteiger partial charge in [0.05, 0.1) is 5.56 Å². The predicted octanol–water partition coefficient (Wildman–Crippen LogP) is 2.52. The number of hydrogen-bond donors (Lipinski definition) is 0. The van der Waals surface area contributed by atoms with E-state index in [1.807, 2.05) is 4.90 Å². The number of piperidine rings is 1. The summed E-state index contributed by atoms with van der Waals surface area (Å²) in [5, 5.41) is 0. The molecule has 0 bridgehead atoms. The molecule has 2 heterocycles. The summed E-state index contributed by atoms with van der Waals surface area (Å²) in [7, 11) is 0. The number of ether oxygens (including phenoxy) is 1. The lowest BCUT2D eigenvalue weighted by atomic mass is 10.0. The van der Waals surface area contributed by atoms with Crippen LogP contribution in [0.4, 0.5) is 8.78 Å². The van der Waals surface area contributed by atoms with Crippen LogP contribution in [-0.4, -0.2) is 53.9 Å². The maximum Gasteiger partial charge on any atom is 0.387 e. The molecule has 0 N–H and O–H groups in total. The number of benzene rings is 1. The number of rotatable bonds is 4. The zero-order valence-corrected chi connectivity index (χ0v) is 13.3. The van der Waals surface area contributed by atoms with Crippen LogP contribution < -0.4 is 4.74 Å². The molecule has 2 aliphatic rings. The van der Waals surface area contributed by atoms with E-state index in [1.165, 1.54) is 12.1 Å². The maximum atomic E-state index is 12.7. The van der Waals surface area contributed by atoms with Gasteiger partial charge in [-0.1, -0.05) is 12.1 Å². The van der Waals surface area contributed by atoms with Crippen molar-refractivity contribution in [3.05, 3.63) is 29.8 Å². The topological polar surface area (TPSA) is 49.9 Å². The van der Waals surface area contributed by atoms with Gasteiger partial charge in [0.15, 0.2) is 0 Å². The summed E-state index contributed by atoms with van der Waals surface area (Å²) in [6, 6.07) is 6.05. The molecule has 1 aromatic carbocycles. The number of carbonyl (C=O) groups excluding carboxylic acids is 2. The summed E-state index contributed by atoms with van der Waals surface area (Å²) in [6.07, 6.45) is 3.08. The van der Waals surface area contributed by atoms with Gasteiger partial charge in [0.2, 0.25) is 5.91 Å². The first-order valence-electron chi connectivity index (χ1n) is 8.19. The quantitative estimate of drug-likeness (QED) is 0.848. The lowest BCUT2D eigenvalue weighted by Gasteiger charge is -2.37. The Bertz CT molecular complexity index is 624. The van der Waals surface area contributed by atoms with Gasteiger partial charge >= 0.3 is 6.61 Å². The van der Waals surface area contributed by atoms with Crippen LogP contribution in [0.25, 0.3) is 0 Å². The van der Waals surface area contributed by atoms with Gasteiger partial charge in [-0.25, -0.2) is 0 Å². The van der Waals surface area contributed by atoms with Crippen molar-refractivity contribution in [2.75, 3.05) is 19.6 Å². The molecule has 0 saturated carbocycles. The second-order valence-electron chi connectivity index (χ2n) is 6.11. The number of halogens is 2. The number of carbonyl (C=O) groups is 2. The molecule has 0 unspecified atom stereocenters. The van der Waals surface area contributed by atoms with Gasteiger partial charge in [-0.3, -0.25) is 9.59 Å². The van der Waals surface area contributed by atoms with E-state index in [-0.39, 0.29) is 29.2 Å². The summed E-state index contributed by atoms with van der Waals surface area (Å²) in [5.74, 6) is -0.310. The first-order chi connectivity index (χ1) is 11.6. The first-order valence-corrected chi connectivity index (χ1v) is 8.19. The monoisotopic (exact) mass is 338 g/mol. The van der Waals surface area contributed by atoms with Crippen molar-refractivity contribution in [3.63, 3.8) is 0 Å². The Labute approximate surface area is 139 Å². The molecule has 5 nitrogen and oxygen atoms in total. The van der Waals surface area contributed by atoms with Crippen LogP contribution in [0.15, 0.2) is 24.3 Å². The van der Waals surface area contributed by atoms with Gasteiger partial charge in [-0.15, -0.1) is 0 Å². The zero-order chi connectivity index (χ0) is 17.1. The van der Waals surface area contributed by atoms with Gasteiger partial charge in [-0.2, -0.15) is 8.78 Å². The van der Waals surface area contributed by atoms with Crippen LogP contribution in [0.5, 0.6) is 5.75 Å². The highest BCUT2D eigenvalue weighted by Crippen LogP contribution is 2.26. The van der Waals surface area contributed by atoms with E-state index in [1.54, 1.807) is 17.0 Å². The minimum atomic E-state index is -2.98. The molecule has 2 saturated heterocycles. The maximum absolute atomic E-state index is 12.7. The number of amides is 2. The molecule has 7 heteroatoms. The largest absolute Gasteiger partial charge is 0.434 e. The lowest BCUT2D eigenvalue weighted by Crippen LogP contribution is -2.50. The molecule has 0 aliphatic carbocycles. The van der Waals surface area contributed by atoms with Crippen molar-refractivity contribution in [2.24, 2.45) is 0 Å². The van der Waals surface area contributed by atoms with Crippen molar-refractivity contribution in [2.45, 2.75) is 38.3 Å². The molecular weight excluding hydrogens is 318 g/mol. The number of hydrogen-bond acceptors (Lipinski definition) is 3. The number of nitrogens with zero attached hydrogens (tertiary/aromatic N) is 2. The molecular formula is C17H20F2N2O3. The van der Waals surface area contributed by atoms with E-state index in [0.29, 0.717) is 19.5 Å². The molecule has 2 aliphatic heterocycles. The van der Waals surface area contributed by atoms with E-state index in [2.05, 4.69) is 4.74 Å². The summed E-state index contributed by atoms with van der Waals surface area (Å²) < 4.78 is 29.5. The fourth-order valence-corrected chi connectivity index (χ4v) is 3.46. The highest BCUT2D eigenvalue weighted by Gasteiger charge is 2.33. The first kappa shape index (κ1) is 16.7. The molecule has 2 fully saturated rings. The molecule has 1 atom stereocenters. The minimum absolute atomic E-state index is 0.0147. The van der Waals surface area contributed by atoms with Gasteiger partial charge in [0.1, 0.15) is 5.75 Å². The molecule has 0 spiro atoms. The third kappa shape index (κ3) is 3.49. The van der Waals surface area contributed by atoms with Crippen molar-refractivity contribution in [1.29, 1.82) is 0 Å². The Balaban J connectivity index is 1.74. The van der Waals surface area contributed by atoms with Crippen LogP contribution in [0.3, 0.4) is 0 Å². The highest BCUT2D eigenvalue weighted by atomic mass is 19.3. The van der Waals surface area contributed by atoms with Crippen LogP contribution in [0, 0.1) is 0 Å². The second kappa shape index (κ2) is 7.15. The van der Waals surface area contributed by atoms with Crippen molar-refractivity contribution in [1.82, 2.24) is 9.80 Å². The van der Waals surface area contributed by atoms with Crippen molar-refractivity contribution < 1.29 is 23.1 Å². The number of likely N-dealkylation sites (tertiary alicyclic amines) is 2. The smallest absolute Gasteiger partial charge is 0.387 e. The molecule has 2 amide bonds. The van der Waals surface area contributed by atoms with Gasteiger partial charge in [0.25, 0.3) is 5.91 Å².